The minimum absolute atomic E-state index is 0.279. The molecule has 0 saturated heterocycles. The van der Waals surface area contributed by atoms with E-state index in [1.54, 1.807) is 24.7 Å². The number of nitrogens with one attached hydrogen (secondary N) is 2. The van der Waals surface area contributed by atoms with Gasteiger partial charge < -0.3 is 9.55 Å². The molecule has 4 heterocycles. The average molecular weight is 359 g/mol. The van der Waals surface area contributed by atoms with Crippen LogP contribution in [-0.2, 0) is 6.54 Å². The maximum absolute atomic E-state index is 13.4. The number of hydrogen-bond acceptors (Lipinski definition) is 4. The van der Waals surface area contributed by atoms with Gasteiger partial charge in [0, 0.05) is 28.9 Å². The maximum Gasteiger partial charge on any atom is 0.144 e. The van der Waals surface area contributed by atoms with E-state index in [1.165, 1.54) is 18.5 Å². The molecular weight excluding hydrogens is 345 g/mol. The van der Waals surface area contributed by atoms with Gasteiger partial charge in [-0.25, -0.2) is 19.3 Å². The van der Waals surface area contributed by atoms with Crippen molar-refractivity contribution in [3.8, 4) is 22.5 Å². The fourth-order valence-corrected chi connectivity index (χ4v) is 3.24. The van der Waals surface area contributed by atoms with E-state index in [0.717, 1.165) is 39.4 Å². The van der Waals surface area contributed by atoms with Crippen LogP contribution >= 0.6 is 0 Å². The Morgan fingerprint density at radius 1 is 1.00 bits per heavy atom. The Hall–Kier alpha value is -3.81. The van der Waals surface area contributed by atoms with Gasteiger partial charge in [-0.05, 0) is 36.4 Å². The molecule has 0 amide bonds. The fraction of sp³-hybridized carbons (Fsp3) is 0.0526. The largest absolute Gasteiger partial charge is 0.346 e. The van der Waals surface area contributed by atoms with Crippen molar-refractivity contribution in [1.29, 1.82) is 0 Å². The molecule has 27 heavy (non-hydrogen) atoms. The van der Waals surface area contributed by atoms with E-state index in [4.69, 9.17) is 0 Å². The lowest BCUT2D eigenvalue weighted by molar-refractivity contribution is 0.628. The Morgan fingerprint density at radius 2 is 1.89 bits per heavy atom. The molecule has 8 heteroatoms. The van der Waals surface area contributed by atoms with Crippen LogP contribution < -0.4 is 0 Å². The third kappa shape index (κ3) is 2.67. The Bertz CT molecular complexity index is 1200. The normalized spacial score (nSPS) is 11.3. The van der Waals surface area contributed by atoms with Gasteiger partial charge in [-0.1, -0.05) is 0 Å². The van der Waals surface area contributed by atoms with Crippen molar-refractivity contribution in [1.82, 2.24) is 34.7 Å². The zero-order chi connectivity index (χ0) is 18.2. The number of nitrogens with zero attached hydrogens (tertiary/aromatic N) is 5. The zero-order valence-corrected chi connectivity index (χ0v) is 14.1. The molecule has 0 aliphatic heterocycles. The highest BCUT2D eigenvalue weighted by atomic mass is 19.1. The van der Waals surface area contributed by atoms with Gasteiger partial charge in [0.25, 0.3) is 0 Å². The first-order valence-electron chi connectivity index (χ1n) is 8.37. The van der Waals surface area contributed by atoms with Gasteiger partial charge in [-0.3, -0.25) is 5.10 Å². The second kappa shape index (κ2) is 6.17. The van der Waals surface area contributed by atoms with Crippen LogP contribution in [0.4, 0.5) is 4.39 Å². The zero-order valence-electron chi connectivity index (χ0n) is 14.1. The van der Waals surface area contributed by atoms with Crippen LogP contribution in [0.2, 0.25) is 0 Å². The molecular formula is C19H14FN7. The molecule has 0 atom stereocenters. The first-order chi connectivity index (χ1) is 13.3. The molecule has 2 N–H and O–H groups in total. The molecule has 0 spiro atoms. The minimum atomic E-state index is -0.279. The average Bonchev–Trinajstić information content (AvgIpc) is 3.43. The Morgan fingerprint density at radius 3 is 2.70 bits per heavy atom. The lowest BCUT2D eigenvalue weighted by Gasteiger charge is -2.11. The second-order valence-corrected chi connectivity index (χ2v) is 6.11. The van der Waals surface area contributed by atoms with Crippen molar-refractivity contribution in [2.75, 3.05) is 0 Å². The summed E-state index contributed by atoms with van der Waals surface area (Å²) in [7, 11) is 0. The van der Waals surface area contributed by atoms with Crippen molar-refractivity contribution in [2.45, 2.75) is 6.54 Å². The van der Waals surface area contributed by atoms with E-state index in [0.29, 0.717) is 6.54 Å². The predicted octanol–water partition coefficient (Wildman–Crippen LogP) is 3.40. The number of hydrogen-bond donors (Lipinski definition) is 2. The van der Waals surface area contributed by atoms with Gasteiger partial charge in [-0.15, -0.1) is 0 Å². The minimum Gasteiger partial charge on any atom is -0.346 e. The van der Waals surface area contributed by atoms with Gasteiger partial charge in [0.1, 0.15) is 23.6 Å². The molecule has 0 radical (unpaired) electrons. The monoisotopic (exact) mass is 359 g/mol. The Labute approximate surface area is 152 Å². The molecule has 0 aliphatic rings. The molecule has 0 unspecified atom stereocenters. The quantitative estimate of drug-likeness (QED) is 0.515. The SMILES string of the molecule is Fc1ccc(-c2ncn(Cc3ncn[nH]3)c2-c2ccnc3[nH]ccc23)cc1. The molecule has 5 rings (SSSR count). The molecule has 7 nitrogen and oxygen atoms in total. The summed E-state index contributed by atoms with van der Waals surface area (Å²) in [6.45, 7) is 0.484. The molecule has 1 aromatic carbocycles. The number of aromatic amines is 2. The first-order valence-corrected chi connectivity index (χ1v) is 8.37. The molecule has 0 fully saturated rings. The number of benzene rings is 1. The number of halogens is 1. The smallest absolute Gasteiger partial charge is 0.144 e. The third-order valence-corrected chi connectivity index (χ3v) is 4.46. The van der Waals surface area contributed by atoms with E-state index in [-0.39, 0.29) is 5.82 Å². The topological polar surface area (TPSA) is 88.1 Å². The van der Waals surface area contributed by atoms with Crippen LogP contribution in [-0.4, -0.2) is 34.7 Å². The molecule has 132 valence electrons. The predicted molar refractivity (Wildman–Crippen MR) is 98.2 cm³/mol. The molecule has 0 bridgehead atoms. The summed E-state index contributed by atoms with van der Waals surface area (Å²) in [5, 5.41) is 7.77. The Kier molecular flexibility index (Phi) is 3.53. The third-order valence-electron chi connectivity index (χ3n) is 4.46. The summed E-state index contributed by atoms with van der Waals surface area (Å²) in [4.78, 5) is 16.3. The van der Waals surface area contributed by atoms with Gasteiger partial charge in [0.15, 0.2) is 0 Å². The van der Waals surface area contributed by atoms with E-state index in [2.05, 4.69) is 30.1 Å². The van der Waals surface area contributed by atoms with Crippen molar-refractivity contribution in [3.05, 3.63) is 73.1 Å². The lowest BCUT2D eigenvalue weighted by atomic mass is 10.0. The number of aromatic nitrogens is 7. The van der Waals surface area contributed by atoms with Gasteiger partial charge >= 0.3 is 0 Å². The molecule has 5 aromatic rings. The van der Waals surface area contributed by atoms with Crippen molar-refractivity contribution < 1.29 is 4.39 Å². The number of fused-ring (bicyclic) bond motifs is 1. The van der Waals surface area contributed by atoms with Crippen LogP contribution in [0, 0.1) is 5.82 Å². The van der Waals surface area contributed by atoms with Crippen molar-refractivity contribution in [2.24, 2.45) is 0 Å². The number of rotatable bonds is 4. The summed E-state index contributed by atoms with van der Waals surface area (Å²) < 4.78 is 15.4. The number of H-pyrrole nitrogens is 2. The lowest BCUT2D eigenvalue weighted by Crippen LogP contribution is -2.03. The fourth-order valence-electron chi connectivity index (χ4n) is 3.24. The maximum atomic E-state index is 13.4. The summed E-state index contributed by atoms with van der Waals surface area (Å²) in [5.74, 6) is 0.442. The van der Waals surface area contributed by atoms with Gasteiger partial charge in [0.05, 0.1) is 24.3 Å². The molecule has 0 aliphatic carbocycles. The van der Waals surface area contributed by atoms with Crippen LogP contribution in [0.1, 0.15) is 5.82 Å². The number of imidazole rings is 1. The highest BCUT2D eigenvalue weighted by Gasteiger charge is 2.18. The van der Waals surface area contributed by atoms with E-state index in [9.17, 15) is 4.39 Å². The van der Waals surface area contributed by atoms with Crippen molar-refractivity contribution in [3.63, 3.8) is 0 Å². The Balaban J connectivity index is 1.74. The van der Waals surface area contributed by atoms with Crippen LogP contribution in [0.5, 0.6) is 0 Å². The van der Waals surface area contributed by atoms with Gasteiger partial charge in [-0.2, -0.15) is 5.10 Å². The molecule has 0 saturated carbocycles. The summed E-state index contributed by atoms with van der Waals surface area (Å²) in [6, 6.07) is 10.3. The van der Waals surface area contributed by atoms with E-state index in [1.807, 2.05) is 22.9 Å². The van der Waals surface area contributed by atoms with E-state index < -0.39 is 0 Å². The summed E-state index contributed by atoms with van der Waals surface area (Å²) >= 11 is 0. The summed E-state index contributed by atoms with van der Waals surface area (Å²) in [5.41, 5.74) is 4.29. The van der Waals surface area contributed by atoms with E-state index >= 15 is 0 Å². The molecule has 4 aromatic heterocycles. The highest BCUT2D eigenvalue weighted by Crippen LogP contribution is 2.35. The standard InChI is InChI=1S/C19H14FN7/c20-13-3-1-12(2-4-13)17-18(14-5-7-21-19-15(14)6-8-22-19)27(11-24-17)9-16-23-10-25-26-16/h1-8,10-11H,9H2,(H,21,22)(H,23,25,26). The van der Waals surface area contributed by atoms with Crippen molar-refractivity contribution >= 4 is 11.0 Å². The van der Waals surface area contributed by atoms with Gasteiger partial charge in [0.2, 0.25) is 0 Å². The number of pyridine rings is 1. The summed E-state index contributed by atoms with van der Waals surface area (Å²) in [6.07, 6.45) is 6.85. The van der Waals surface area contributed by atoms with Crippen LogP contribution in [0.25, 0.3) is 33.5 Å². The first kappa shape index (κ1) is 15.4. The second-order valence-electron chi connectivity index (χ2n) is 6.11. The van der Waals surface area contributed by atoms with Crippen LogP contribution in [0.3, 0.4) is 0 Å². The highest BCUT2D eigenvalue weighted by molar-refractivity contribution is 5.95. The van der Waals surface area contributed by atoms with Crippen LogP contribution in [0.15, 0.2) is 61.4 Å².